The summed E-state index contributed by atoms with van der Waals surface area (Å²) in [5, 5.41) is 2.92. The van der Waals surface area contributed by atoms with Gasteiger partial charge in [-0.3, -0.25) is 14.5 Å². The molecule has 5 nitrogen and oxygen atoms in total. The van der Waals surface area contributed by atoms with E-state index in [1.807, 2.05) is 72.8 Å². The number of carbonyl (C=O) groups is 3. The van der Waals surface area contributed by atoms with Crippen molar-refractivity contribution in [3.8, 4) is 0 Å². The molecule has 0 radical (unpaired) electrons. The second kappa shape index (κ2) is 8.08. The number of ketones is 1. The maximum Gasteiger partial charge on any atom is 0.325 e. The first-order valence-electron chi connectivity index (χ1n) is 11.0. The number of rotatable bonds is 6. The molecule has 1 unspecified atom stereocenters. The number of carbonyl (C=O) groups excluding carboxylic acids is 3. The van der Waals surface area contributed by atoms with E-state index >= 15 is 0 Å². The van der Waals surface area contributed by atoms with E-state index in [1.54, 1.807) is 6.07 Å². The molecule has 3 amide bonds. The van der Waals surface area contributed by atoms with E-state index in [4.69, 9.17) is 0 Å². The Morgan fingerprint density at radius 1 is 0.875 bits per heavy atom. The first-order valence-corrected chi connectivity index (χ1v) is 11.0. The van der Waals surface area contributed by atoms with Crippen LogP contribution in [0.15, 0.2) is 78.9 Å². The summed E-state index contributed by atoms with van der Waals surface area (Å²) in [4.78, 5) is 40.7. The highest BCUT2D eigenvalue weighted by molar-refractivity contribution is 6.11. The predicted molar refractivity (Wildman–Crippen MR) is 121 cm³/mol. The molecule has 0 aromatic heterocycles. The molecule has 5 rings (SSSR count). The van der Waals surface area contributed by atoms with Gasteiger partial charge in [0.15, 0.2) is 11.3 Å². The third-order valence-corrected chi connectivity index (χ3v) is 6.48. The monoisotopic (exact) mass is 424 g/mol. The van der Waals surface area contributed by atoms with Crippen LogP contribution in [0.2, 0.25) is 0 Å². The third-order valence-electron chi connectivity index (χ3n) is 6.48. The molecule has 32 heavy (non-hydrogen) atoms. The molecule has 3 aromatic rings. The molecule has 1 aliphatic heterocycles. The normalized spacial score (nSPS) is 19.7. The van der Waals surface area contributed by atoms with Gasteiger partial charge in [-0.2, -0.15) is 0 Å². The first-order chi connectivity index (χ1) is 15.6. The number of urea groups is 1. The molecular formula is C27H24N2O3. The zero-order chi connectivity index (χ0) is 22.1. The lowest BCUT2D eigenvalue weighted by Gasteiger charge is -2.27. The molecule has 2 aliphatic rings. The lowest BCUT2D eigenvalue weighted by molar-refractivity contribution is -0.131. The Bertz CT molecular complexity index is 1190. The third kappa shape index (κ3) is 3.50. The van der Waals surface area contributed by atoms with Gasteiger partial charge in [-0.1, -0.05) is 72.8 Å². The quantitative estimate of drug-likeness (QED) is 0.480. The van der Waals surface area contributed by atoms with Gasteiger partial charge in [-0.25, -0.2) is 4.79 Å². The summed E-state index contributed by atoms with van der Waals surface area (Å²) in [6.07, 6.45) is 3.41. The molecule has 1 saturated heterocycles. The first kappa shape index (κ1) is 20.2. The average molecular weight is 425 g/mol. The van der Waals surface area contributed by atoms with Crippen molar-refractivity contribution in [3.05, 3.63) is 107 Å². The number of Topliss-reactive ketones (excluding diaryl/α,β-unsaturated/α-hetero) is 1. The second-order valence-corrected chi connectivity index (χ2v) is 8.52. The van der Waals surface area contributed by atoms with Crippen molar-refractivity contribution in [2.45, 2.75) is 31.2 Å². The molecular weight excluding hydrogens is 400 g/mol. The summed E-state index contributed by atoms with van der Waals surface area (Å²) in [6.45, 7) is -0.271. The van der Waals surface area contributed by atoms with Crippen LogP contribution in [-0.2, 0) is 29.6 Å². The van der Waals surface area contributed by atoms with Crippen LogP contribution >= 0.6 is 0 Å². The van der Waals surface area contributed by atoms with E-state index in [0.29, 0.717) is 17.5 Å². The topological polar surface area (TPSA) is 66.5 Å². The van der Waals surface area contributed by atoms with E-state index in [0.717, 1.165) is 29.7 Å². The van der Waals surface area contributed by atoms with Crippen LogP contribution in [-0.4, -0.2) is 29.2 Å². The van der Waals surface area contributed by atoms with Gasteiger partial charge in [0.05, 0.1) is 6.54 Å². The van der Waals surface area contributed by atoms with Crippen molar-refractivity contribution in [1.82, 2.24) is 10.2 Å². The highest BCUT2D eigenvalue weighted by Crippen LogP contribution is 2.33. The van der Waals surface area contributed by atoms with Crippen LogP contribution in [0.1, 0.15) is 39.0 Å². The van der Waals surface area contributed by atoms with Gasteiger partial charge < -0.3 is 5.32 Å². The molecule has 1 N–H and O–H groups in total. The Morgan fingerprint density at radius 2 is 1.56 bits per heavy atom. The number of hydrogen-bond donors (Lipinski definition) is 1. The van der Waals surface area contributed by atoms with E-state index < -0.39 is 17.5 Å². The van der Waals surface area contributed by atoms with Crippen molar-refractivity contribution in [2.75, 3.05) is 6.54 Å². The number of fused-ring (bicyclic) bond motifs is 1. The zero-order valence-corrected chi connectivity index (χ0v) is 17.7. The maximum absolute atomic E-state index is 13.7. The summed E-state index contributed by atoms with van der Waals surface area (Å²) < 4.78 is 0. The fraction of sp³-hybridized carbons (Fsp3) is 0.222. The number of nitrogens with zero attached hydrogens (tertiary/aromatic N) is 1. The van der Waals surface area contributed by atoms with Crippen LogP contribution in [0.5, 0.6) is 0 Å². The zero-order valence-electron chi connectivity index (χ0n) is 17.7. The maximum atomic E-state index is 13.7. The number of imide groups is 1. The second-order valence-electron chi connectivity index (χ2n) is 8.52. The van der Waals surface area contributed by atoms with Crippen LogP contribution in [0.3, 0.4) is 0 Å². The summed E-state index contributed by atoms with van der Waals surface area (Å²) in [5.41, 5.74) is 3.41. The Morgan fingerprint density at radius 3 is 2.31 bits per heavy atom. The van der Waals surface area contributed by atoms with Crippen molar-refractivity contribution in [2.24, 2.45) is 0 Å². The van der Waals surface area contributed by atoms with Gasteiger partial charge in [0.2, 0.25) is 0 Å². The van der Waals surface area contributed by atoms with Crippen molar-refractivity contribution >= 4 is 17.7 Å². The van der Waals surface area contributed by atoms with Gasteiger partial charge in [0.25, 0.3) is 5.91 Å². The molecule has 0 bridgehead atoms. The van der Waals surface area contributed by atoms with Gasteiger partial charge >= 0.3 is 6.03 Å². The summed E-state index contributed by atoms with van der Waals surface area (Å²) >= 11 is 0. The molecule has 1 fully saturated rings. The highest BCUT2D eigenvalue weighted by Gasteiger charge is 2.52. The molecule has 0 spiro atoms. The van der Waals surface area contributed by atoms with E-state index in [1.165, 1.54) is 11.1 Å². The molecule has 1 aliphatic carbocycles. The summed E-state index contributed by atoms with van der Waals surface area (Å²) in [5.74, 6) is -0.626. The Hall–Kier alpha value is -3.73. The number of nitrogens with one attached hydrogen (secondary N) is 1. The molecule has 0 saturated carbocycles. The average Bonchev–Trinajstić information content (AvgIpc) is 3.38. The van der Waals surface area contributed by atoms with Crippen LogP contribution in [0.4, 0.5) is 4.79 Å². The minimum absolute atomic E-state index is 0.230. The van der Waals surface area contributed by atoms with Gasteiger partial charge in [-0.05, 0) is 47.6 Å². The van der Waals surface area contributed by atoms with Crippen molar-refractivity contribution in [1.29, 1.82) is 0 Å². The van der Waals surface area contributed by atoms with Crippen LogP contribution < -0.4 is 5.32 Å². The molecule has 3 aromatic carbocycles. The van der Waals surface area contributed by atoms with Crippen LogP contribution in [0.25, 0.3) is 0 Å². The number of amides is 3. The predicted octanol–water partition coefficient (Wildman–Crippen LogP) is 4.05. The Labute approximate surface area is 187 Å². The smallest absolute Gasteiger partial charge is 0.319 e. The SMILES string of the molecule is O=C(CN1C(=O)NC(Cc2ccccc2)(c2ccccc2)C1=O)c1ccc2c(c1)CCC2. The van der Waals surface area contributed by atoms with Crippen molar-refractivity contribution < 1.29 is 14.4 Å². The van der Waals surface area contributed by atoms with E-state index in [2.05, 4.69) is 5.32 Å². The van der Waals surface area contributed by atoms with Crippen molar-refractivity contribution in [3.63, 3.8) is 0 Å². The summed E-state index contributed by atoms with van der Waals surface area (Å²) in [6, 6.07) is 24.0. The molecule has 5 heteroatoms. The van der Waals surface area contributed by atoms with Crippen LogP contribution in [0, 0.1) is 0 Å². The largest absolute Gasteiger partial charge is 0.325 e. The van der Waals surface area contributed by atoms with Gasteiger partial charge in [0.1, 0.15) is 0 Å². The Balaban J connectivity index is 1.45. The van der Waals surface area contributed by atoms with Gasteiger partial charge in [0, 0.05) is 12.0 Å². The van der Waals surface area contributed by atoms with E-state index in [-0.39, 0.29) is 12.3 Å². The minimum atomic E-state index is -1.24. The van der Waals surface area contributed by atoms with Gasteiger partial charge in [-0.15, -0.1) is 0 Å². The fourth-order valence-electron chi connectivity index (χ4n) is 4.79. The lowest BCUT2D eigenvalue weighted by Crippen LogP contribution is -2.46. The molecule has 160 valence electrons. The lowest BCUT2D eigenvalue weighted by atomic mass is 9.83. The summed E-state index contributed by atoms with van der Waals surface area (Å²) in [7, 11) is 0. The molecule has 1 heterocycles. The number of hydrogen-bond acceptors (Lipinski definition) is 3. The number of benzene rings is 3. The Kier molecular flexibility index (Phi) is 5.10. The molecule has 1 atom stereocenters. The minimum Gasteiger partial charge on any atom is -0.319 e. The fourth-order valence-corrected chi connectivity index (χ4v) is 4.79. The van der Waals surface area contributed by atoms with E-state index in [9.17, 15) is 14.4 Å². The highest BCUT2D eigenvalue weighted by atomic mass is 16.2. The number of aryl methyl sites for hydroxylation is 2. The standard InChI is InChI=1S/C27H24N2O3/c30-24(22-15-14-20-10-7-11-21(20)16-22)18-29-25(31)27(28-26(29)32,23-12-5-2-6-13-23)17-19-8-3-1-4-9-19/h1-6,8-9,12-16H,7,10-11,17-18H2,(H,28,32).